The van der Waals surface area contributed by atoms with Gasteiger partial charge in [0.05, 0.1) is 18.6 Å². The number of carbonyl (C=O) groups excluding carboxylic acids is 1. The maximum absolute atomic E-state index is 13.3. The van der Waals surface area contributed by atoms with Crippen LogP contribution >= 0.6 is 0 Å². The molecule has 30 heavy (non-hydrogen) atoms. The first-order valence-electron chi connectivity index (χ1n) is 9.67. The van der Waals surface area contributed by atoms with E-state index in [0.29, 0.717) is 11.5 Å². The van der Waals surface area contributed by atoms with Gasteiger partial charge in [-0.3, -0.25) is 19.0 Å². The van der Waals surface area contributed by atoms with Crippen molar-refractivity contribution in [1.82, 2.24) is 24.6 Å². The van der Waals surface area contributed by atoms with E-state index in [2.05, 4.69) is 15.4 Å². The molecule has 0 radical (unpaired) electrons. The quantitative estimate of drug-likeness (QED) is 0.634. The van der Waals surface area contributed by atoms with E-state index in [1.165, 1.54) is 35.2 Å². The van der Waals surface area contributed by atoms with Crippen molar-refractivity contribution in [2.45, 2.75) is 31.8 Å². The molecule has 1 saturated carbocycles. The third kappa shape index (κ3) is 4.68. The zero-order valence-corrected chi connectivity index (χ0v) is 16.1. The lowest BCUT2D eigenvalue weighted by Gasteiger charge is -2.09. The fourth-order valence-corrected chi connectivity index (χ4v) is 3.08. The molecule has 0 aliphatic heterocycles. The lowest BCUT2D eigenvalue weighted by Crippen LogP contribution is -2.33. The molecule has 154 valence electrons. The van der Waals surface area contributed by atoms with Gasteiger partial charge in [0.1, 0.15) is 11.5 Å². The number of nitrogens with zero attached hydrogens (tertiary/aromatic N) is 4. The average molecular weight is 409 g/mol. The Kier molecular flexibility index (Phi) is 5.51. The summed E-state index contributed by atoms with van der Waals surface area (Å²) in [4.78, 5) is 40.8. The summed E-state index contributed by atoms with van der Waals surface area (Å²) in [6.07, 6.45) is 3.64. The van der Waals surface area contributed by atoms with E-state index in [1.54, 1.807) is 18.2 Å². The van der Waals surface area contributed by atoms with Crippen LogP contribution in [0.25, 0.3) is 0 Å². The number of halogens is 1. The van der Waals surface area contributed by atoms with E-state index in [1.807, 2.05) is 0 Å². The fourth-order valence-electron chi connectivity index (χ4n) is 3.08. The zero-order valence-electron chi connectivity index (χ0n) is 16.1. The molecule has 0 bridgehead atoms. The van der Waals surface area contributed by atoms with Crippen LogP contribution in [0.2, 0.25) is 0 Å². The summed E-state index contributed by atoms with van der Waals surface area (Å²) in [5.41, 5.74) is 0.890. The van der Waals surface area contributed by atoms with E-state index in [4.69, 9.17) is 0 Å². The third-order valence-corrected chi connectivity index (χ3v) is 4.86. The van der Waals surface area contributed by atoms with Crippen molar-refractivity contribution < 1.29 is 9.18 Å². The first-order valence-corrected chi connectivity index (χ1v) is 9.67. The Hall–Kier alpha value is -3.62. The molecule has 1 fully saturated rings. The topological polar surface area (TPSA) is 98.9 Å². The molecule has 8 nitrogen and oxygen atoms in total. The molecule has 1 aromatic carbocycles. The van der Waals surface area contributed by atoms with E-state index >= 15 is 0 Å². The highest BCUT2D eigenvalue weighted by atomic mass is 19.1. The molecule has 9 heteroatoms. The minimum atomic E-state index is -0.474. The molecule has 4 rings (SSSR count). The van der Waals surface area contributed by atoms with Gasteiger partial charge in [-0.15, -0.1) is 0 Å². The van der Waals surface area contributed by atoms with Crippen LogP contribution in [0, 0.1) is 5.82 Å². The summed E-state index contributed by atoms with van der Waals surface area (Å²) in [5.74, 6) is -0.482. The molecule has 1 amide bonds. The normalized spacial score (nSPS) is 13.2. The van der Waals surface area contributed by atoms with Gasteiger partial charge in [0, 0.05) is 31.1 Å². The average Bonchev–Trinajstić information content (AvgIpc) is 3.56. The van der Waals surface area contributed by atoms with E-state index in [-0.39, 0.29) is 30.9 Å². The second-order valence-corrected chi connectivity index (χ2v) is 7.22. The molecular formula is C21H20FN5O3. The second-order valence-electron chi connectivity index (χ2n) is 7.22. The van der Waals surface area contributed by atoms with Crippen LogP contribution in [0.4, 0.5) is 4.39 Å². The van der Waals surface area contributed by atoms with Gasteiger partial charge in [-0.05, 0) is 36.6 Å². The van der Waals surface area contributed by atoms with E-state index < -0.39 is 17.3 Å². The molecule has 1 aliphatic carbocycles. The molecular weight excluding hydrogens is 389 g/mol. The smallest absolute Gasteiger partial charge is 0.271 e. The molecule has 0 atom stereocenters. The summed E-state index contributed by atoms with van der Waals surface area (Å²) in [6.45, 7) is 0.519. The number of nitrogens with one attached hydrogen (secondary N) is 1. The van der Waals surface area contributed by atoms with Crippen LogP contribution in [0.3, 0.4) is 0 Å². The van der Waals surface area contributed by atoms with Crippen molar-refractivity contribution in [3.05, 3.63) is 92.3 Å². The van der Waals surface area contributed by atoms with Crippen molar-refractivity contribution in [3.8, 4) is 0 Å². The highest BCUT2D eigenvalue weighted by molar-refractivity contribution is 5.91. The molecule has 0 saturated heterocycles. The van der Waals surface area contributed by atoms with Crippen LogP contribution in [0.1, 0.15) is 40.5 Å². The summed E-state index contributed by atoms with van der Waals surface area (Å²) >= 11 is 0. The van der Waals surface area contributed by atoms with Crippen molar-refractivity contribution in [2.75, 3.05) is 6.54 Å². The summed E-state index contributed by atoms with van der Waals surface area (Å²) < 4.78 is 15.9. The van der Waals surface area contributed by atoms with Crippen molar-refractivity contribution in [2.24, 2.45) is 0 Å². The van der Waals surface area contributed by atoms with Gasteiger partial charge < -0.3 is 5.32 Å². The van der Waals surface area contributed by atoms with Gasteiger partial charge >= 0.3 is 0 Å². The van der Waals surface area contributed by atoms with Crippen LogP contribution in [0.5, 0.6) is 0 Å². The van der Waals surface area contributed by atoms with Crippen molar-refractivity contribution in [3.63, 3.8) is 0 Å². The predicted octanol–water partition coefficient (Wildman–Crippen LogP) is 1.29. The number of amides is 1. The Morgan fingerprint density at radius 3 is 2.70 bits per heavy atom. The number of rotatable bonds is 7. The number of benzene rings is 1. The van der Waals surface area contributed by atoms with Gasteiger partial charge in [-0.25, -0.2) is 14.1 Å². The van der Waals surface area contributed by atoms with Gasteiger partial charge in [-0.2, -0.15) is 5.10 Å². The summed E-state index contributed by atoms with van der Waals surface area (Å²) in [5, 5.41) is 6.75. The minimum Gasteiger partial charge on any atom is -0.349 e. The summed E-state index contributed by atoms with van der Waals surface area (Å²) in [7, 11) is 0. The van der Waals surface area contributed by atoms with Crippen LogP contribution < -0.4 is 16.4 Å². The lowest BCUT2D eigenvalue weighted by atomic mass is 10.2. The number of aromatic nitrogens is 4. The molecule has 1 aliphatic rings. The fraction of sp³-hybridized carbons (Fsp3) is 0.286. The van der Waals surface area contributed by atoms with Crippen LogP contribution in [0.15, 0.2) is 58.4 Å². The number of hydrogen-bond donors (Lipinski definition) is 1. The molecule has 3 aromatic rings. The van der Waals surface area contributed by atoms with Gasteiger partial charge in [0.2, 0.25) is 0 Å². The number of hydrogen-bond acceptors (Lipinski definition) is 5. The Bertz CT molecular complexity index is 1200. The van der Waals surface area contributed by atoms with E-state index in [9.17, 15) is 18.8 Å². The molecule has 2 aromatic heterocycles. The monoisotopic (exact) mass is 409 g/mol. The molecule has 1 N–H and O–H groups in total. The van der Waals surface area contributed by atoms with Crippen molar-refractivity contribution in [1.29, 1.82) is 0 Å². The Morgan fingerprint density at radius 1 is 1.13 bits per heavy atom. The van der Waals surface area contributed by atoms with Crippen LogP contribution in [-0.4, -0.2) is 31.8 Å². The third-order valence-electron chi connectivity index (χ3n) is 4.86. The number of carbonyl (C=O) groups is 1. The maximum Gasteiger partial charge on any atom is 0.271 e. The van der Waals surface area contributed by atoms with Crippen molar-refractivity contribution >= 4 is 5.91 Å². The maximum atomic E-state index is 13.3. The largest absolute Gasteiger partial charge is 0.349 e. The SMILES string of the molecule is O=C(NCCn1cnc(C2CC2)cc1=O)c1ccc(=O)n(Cc2cccc(F)c2)n1. The van der Waals surface area contributed by atoms with Gasteiger partial charge in [0.25, 0.3) is 17.0 Å². The molecule has 2 heterocycles. The highest BCUT2D eigenvalue weighted by Crippen LogP contribution is 2.38. The minimum absolute atomic E-state index is 0.0477. The standard InChI is InChI=1S/C21H20FN5O3/c22-16-3-1-2-14(10-16)12-27-19(28)7-6-17(25-27)21(30)23-8-9-26-13-24-18(11-20(26)29)15-4-5-15/h1-3,6-7,10-11,13,15H,4-5,8-9,12H2,(H,23,30). The first-order chi connectivity index (χ1) is 14.5. The molecule has 0 spiro atoms. The Labute approximate surface area is 171 Å². The summed E-state index contributed by atoms with van der Waals surface area (Å²) in [6, 6.07) is 9.95. The molecule has 0 unspecified atom stereocenters. The highest BCUT2D eigenvalue weighted by Gasteiger charge is 2.25. The second kappa shape index (κ2) is 8.40. The van der Waals surface area contributed by atoms with Gasteiger partial charge in [0.15, 0.2) is 0 Å². The first kappa shape index (κ1) is 19.7. The Balaban J connectivity index is 1.38. The van der Waals surface area contributed by atoms with Crippen LogP contribution in [-0.2, 0) is 13.1 Å². The van der Waals surface area contributed by atoms with Gasteiger partial charge in [-0.1, -0.05) is 12.1 Å². The predicted molar refractivity (Wildman–Crippen MR) is 107 cm³/mol. The lowest BCUT2D eigenvalue weighted by molar-refractivity contribution is 0.0944. The Morgan fingerprint density at radius 2 is 1.97 bits per heavy atom. The van der Waals surface area contributed by atoms with E-state index in [0.717, 1.165) is 23.2 Å². The zero-order chi connectivity index (χ0) is 21.1.